The van der Waals surface area contributed by atoms with E-state index < -0.39 is 131 Å². The van der Waals surface area contributed by atoms with Crippen molar-refractivity contribution in [2.45, 2.75) is 185 Å². The van der Waals surface area contributed by atoms with Gasteiger partial charge in [0.1, 0.15) is 59.4 Å². The second-order valence-electron chi connectivity index (χ2n) is 27.5. The second-order valence-corrected chi connectivity index (χ2v) is 29.7. The summed E-state index contributed by atoms with van der Waals surface area (Å²) in [7, 11) is 2.94. The molecule has 0 aromatic heterocycles. The van der Waals surface area contributed by atoms with Gasteiger partial charge in [-0.05, 0) is 105 Å². The molecule has 7 rings (SSSR count). The van der Waals surface area contributed by atoms with Gasteiger partial charge in [-0.1, -0.05) is 155 Å². The summed E-state index contributed by atoms with van der Waals surface area (Å²) >= 11 is 3.20. The Balaban J connectivity index is 1.18. The van der Waals surface area contributed by atoms with Gasteiger partial charge in [0, 0.05) is 75.9 Å². The van der Waals surface area contributed by atoms with Crippen molar-refractivity contribution in [3.05, 3.63) is 155 Å². The van der Waals surface area contributed by atoms with Gasteiger partial charge >= 0.3 is 0 Å². The zero-order chi connectivity index (χ0) is 73.7. The summed E-state index contributed by atoms with van der Waals surface area (Å²) in [5, 5.41) is 27.1. The van der Waals surface area contributed by atoms with Crippen molar-refractivity contribution in [2.24, 2.45) is 11.8 Å². The van der Waals surface area contributed by atoms with E-state index in [1.54, 1.807) is 94.7 Å². The van der Waals surface area contributed by atoms with E-state index in [1.165, 1.54) is 44.6 Å². The topological polar surface area (TPSA) is 312 Å². The van der Waals surface area contributed by atoms with Crippen molar-refractivity contribution < 1.29 is 57.5 Å². The first-order chi connectivity index (χ1) is 48.0. The lowest BCUT2D eigenvalue weighted by Crippen LogP contribution is -2.66. The van der Waals surface area contributed by atoms with Crippen LogP contribution >= 0.6 is 23.5 Å². The van der Waals surface area contributed by atoms with Crippen LogP contribution in [0.1, 0.15) is 116 Å². The number of thioether (sulfide) groups is 2. The molecule has 5 aromatic rings. The maximum Gasteiger partial charge on any atom is 0.246 e. The van der Waals surface area contributed by atoms with Crippen molar-refractivity contribution in [3.8, 4) is 0 Å². The molecule has 1 saturated heterocycles. The standard InChI is InChI=1S/C76H101N11O12S2/c1-46(2)64-71(95)82-60(42-52-26-17-14-18-27-52)72(96)87-37-23-34-61(87)69(93)83-63(50(7)99-12)70(94)81-59(43-56-32-22-31-55-30-19-20-33-57(55)56)67(91)84-75(8,9)73(97)78-49(6)66(90)80-58(41-51-24-15-13-16-25-51)68(92)85-76(10,47(3)4)74(98)79-48(5)65(89)77-36-39-101-45-54-29-21-28-53(40-54)44-100-38-35-62(88)86(64)11/h13-22,24-33,40,46-50,58-61,63-64H,23,34-39,41-45H2,1-12H3,(H,77,89)(H,78,97)(H,79,98)(H,80,90)(H,81,94)(H,82,95)(H,83,93)(H,84,91)(H,85,92)/t48-,49-,50+,58-,59-,60-,61-,63-,64-,76-/m0/s1. The summed E-state index contributed by atoms with van der Waals surface area (Å²) < 4.78 is 5.70. The highest BCUT2D eigenvalue weighted by Crippen LogP contribution is 2.26. The van der Waals surface area contributed by atoms with Crippen LogP contribution in [0.15, 0.2) is 127 Å². The van der Waals surface area contributed by atoms with Crippen LogP contribution in [-0.4, -0.2) is 179 Å². The molecule has 2 aliphatic rings. The first-order valence-electron chi connectivity index (χ1n) is 34.6. The number of hydrogen-bond donors (Lipinski definition) is 9. The van der Waals surface area contributed by atoms with Crippen LogP contribution in [0.25, 0.3) is 10.8 Å². The third-order valence-corrected chi connectivity index (χ3v) is 20.8. The highest BCUT2D eigenvalue weighted by Gasteiger charge is 2.44. The summed E-state index contributed by atoms with van der Waals surface area (Å²) in [5.41, 5.74) is 0.809. The van der Waals surface area contributed by atoms with Gasteiger partial charge in [-0.25, -0.2) is 0 Å². The Morgan fingerprint density at radius 3 is 1.73 bits per heavy atom. The lowest BCUT2D eigenvalue weighted by atomic mass is 9.86. The molecule has 1 fully saturated rings. The number of nitrogens with one attached hydrogen (secondary N) is 9. The second kappa shape index (κ2) is 37.2. The van der Waals surface area contributed by atoms with Gasteiger partial charge in [0.25, 0.3) is 0 Å². The van der Waals surface area contributed by atoms with Crippen molar-refractivity contribution in [1.29, 1.82) is 0 Å². The predicted molar refractivity (Wildman–Crippen MR) is 393 cm³/mol. The van der Waals surface area contributed by atoms with Gasteiger partial charge in [-0.3, -0.25) is 52.7 Å². The van der Waals surface area contributed by atoms with Gasteiger partial charge in [-0.15, -0.1) is 0 Å². The molecular weight excluding hydrogens is 1320 g/mol. The van der Waals surface area contributed by atoms with E-state index in [-0.39, 0.29) is 50.5 Å². The van der Waals surface area contributed by atoms with Gasteiger partial charge in [-0.2, -0.15) is 23.5 Å². The number of carbonyl (C=O) groups excluding carboxylic acids is 11. The summed E-state index contributed by atoms with van der Waals surface area (Å²) in [6.07, 6.45) is -0.331. The van der Waals surface area contributed by atoms with E-state index in [4.69, 9.17) is 4.74 Å². The van der Waals surface area contributed by atoms with Crippen LogP contribution in [0.2, 0.25) is 0 Å². The molecule has 11 amide bonds. The largest absolute Gasteiger partial charge is 0.379 e. The van der Waals surface area contributed by atoms with E-state index in [1.807, 2.05) is 98.8 Å². The summed E-state index contributed by atoms with van der Waals surface area (Å²) in [4.78, 5) is 162. The number of likely N-dealkylation sites (N-methyl/N-ethyl adjacent to an activating group) is 1. The average molecular weight is 1420 g/mol. The molecule has 25 heteroatoms. The molecule has 0 spiro atoms. The summed E-state index contributed by atoms with van der Waals surface area (Å²) in [6.45, 7) is 16.5. The highest BCUT2D eigenvalue weighted by molar-refractivity contribution is 7.98. The fourth-order valence-electron chi connectivity index (χ4n) is 12.2. The van der Waals surface area contributed by atoms with Gasteiger partial charge in [0.05, 0.1) is 6.10 Å². The van der Waals surface area contributed by atoms with Crippen LogP contribution in [0.4, 0.5) is 0 Å². The van der Waals surface area contributed by atoms with Crippen LogP contribution in [0, 0.1) is 11.8 Å². The molecular formula is C76H101N11O12S2. The fraction of sp³-hybridized carbons (Fsp3) is 0.487. The Morgan fingerprint density at radius 2 is 1.10 bits per heavy atom. The maximum atomic E-state index is 15.1. The van der Waals surface area contributed by atoms with E-state index in [2.05, 4.69) is 53.9 Å². The number of nitrogens with zero attached hydrogens (tertiary/aromatic N) is 2. The van der Waals surface area contributed by atoms with E-state index in [9.17, 15) is 47.9 Å². The fourth-order valence-corrected chi connectivity index (χ4v) is 13.9. The van der Waals surface area contributed by atoms with Crippen LogP contribution < -0.4 is 47.9 Å². The number of ether oxygens (including phenoxy) is 1. The number of hydrogen-bond acceptors (Lipinski definition) is 14. The van der Waals surface area contributed by atoms with E-state index in [0.29, 0.717) is 47.1 Å². The van der Waals surface area contributed by atoms with E-state index >= 15 is 4.79 Å². The number of fused-ring (bicyclic) bond motifs is 4. The molecule has 23 nitrogen and oxygen atoms in total. The number of carbonyl (C=O) groups is 11. The molecule has 9 N–H and O–H groups in total. The zero-order valence-corrected chi connectivity index (χ0v) is 61.7. The minimum absolute atomic E-state index is 0.0230. The van der Waals surface area contributed by atoms with Crippen LogP contribution in [0.3, 0.4) is 0 Å². The first-order valence-corrected chi connectivity index (χ1v) is 36.9. The number of methoxy groups -OCH3 is 1. The first kappa shape index (κ1) is 79.5. The monoisotopic (exact) mass is 1420 g/mol. The number of benzene rings is 5. The van der Waals surface area contributed by atoms with Crippen molar-refractivity contribution in [2.75, 3.05) is 38.8 Å². The lowest BCUT2D eigenvalue weighted by molar-refractivity contribution is -0.145. The van der Waals surface area contributed by atoms with Crippen molar-refractivity contribution in [3.63, 3.8) is 0 Å². The Bertz CT molecular complexity index is 3730. The number of rotatable bonds is 10. The quantitative estimate of drug-likeness (QED) is 0.0842. The smallest absolute Gasteiger partial charge is 0.246 e. The molecule has 101 heavy (non-hydrogen) atoms. The van der Waals surface area contributed by atoms with Gasteiger partial charge in [0.15, 0.2) is 0 Å². The van der Waals surface area contributed by atoms with Crippen LogP contribution in [-0.2, 0) is 88.2 Å². The molecule has 2 bridgehead atoms. The third-order valence-electron chi connectivity index (χ3n) is 18.7. The third kappa shape index (κ3) is 22.1. The molecule has 0 radical (unpaired) electrons. The van der Waals surface area contributed by atoms with Crippen molar-refractivity contribution >= 4 is 99.3 Å². The molecule has 2 heterocycles. The molecule has 5 aromatic carbocycles. The molecule has 0 unspecified atom stereocenters. The zero-order valence-electron chi connectivity index (χ0n) is 60.1. The SMILES string of the molecule is CO[C@H](C)[C@@H]1NC(=O)[C@@H]2CCCN2C(=O)[C@H](Cc2ccccc2)NC(=O)[C@H](C(C)C)N(C)C(=O)CCSCc2cccc(c2)CSCCNC(=O)[C@H](C)NC(=O)[C@](C)(C(C)C)NC(=O)[C@H](Cc2ccccc2)NC(=O)[C@H](C)NC(=O)C(C)(C)NC(=O)[C@H](Cc2cccc3ccccc23)NC1=O. The van der Waals surface area contributed by atoms with E-state index in [0.717, 1.165) is 27.5 Å². The maximum absolute atomic E-state index is 15.1. The Hall–Kier alpha value is -8.81. The Labute approximate surface area is 601 Å². The Kier molecular flexibility index (Phi) is 29.3. The predicted octanol–water partition coefficient (Wildman–Crippen LogP) is 5.44. The molecule has 544 valence electrons. The summed E-state index contributed by atoms with van der Waals surface area (Å²) in [6, 6.07) is 29.4. The van der Waals surface area contributed by atoms with Crippen LogP contribution in [0.5, 0.6) is 0 Å². The van der Waals surface area contributed by atoms with Crippen molar-refractivity contribution in [1.82, 2.24) is 57.7 Å². The molecule has 2 aliphatic heterocycles. The minimum atomic E-state index is -1.78. The number of amides is 11. The van der Waals surface area contributed by atoms with Gasteiger partial charge in [0.2, 0.25) is 65.0 Å². The Morgan fingerprint density at radius 1 is 0.554 bits per heavy atom. The lowest BCUT2D eigenvalue weighted by Gasteiger charge is -2.36. The summed E-state index contributed by atoms with van der Waals surface area (Å²) in [5.74, 6) is -5.65. The minimum Gasteiger partial charge on any atom is -0.379 e. The molecule has 0 saturated carbocycles. The molecule has 10 atom stereocenters. The normalized spacial score (nSPS) is 25.1. The average Bonchev–Trinajstić information content (AvgIpc) is 1.74. The van der Waals surface area contributed by atoms with Gasteiger partial charge < -0.3 is 62.4 Å². The molecule has 0 aliphatic carbocycles. The highest BCUT2D eigenvalue weighted by atomic mass is 32.2.